The van der Waals surface area contributed by atoms with Crippen LogP contribution in [0, 0.1) is 13.8 Å². The molecular weight excluding hydrogens is 226 g/mol. The first-order valence-electron chi connectivity index (χ1n) is 5.30. The highest BCUT2D eigenvalue weighted by Gasteiger charge is 2.04. The van der Waals surface area contributed by atoms with Crippen LogP contribution in [0.1, 0.15) is 17.8 Å². The Bertz CT molecular complexity index is 333. The minimum absolute atomic E-state index is 0.0389. The molecule has 0 saturated carbocycles. The van der Waals surface area contributed by atoms with Crippen LogP contribution < -0.4 is 5.32 Å². The molecule has 0 amide bonds. The molecule has 4 nitrogen and oxygen atoms in total. The van der Waals surface area contributed by atoms with Crippen molar-refractivity contribution in [2.24, 2.45) is 0 Å². The minimum atomic E-state index is 0.0389. The van der Waals surface area contributed by atoms with Gasteiger partial charge in [0.15, 0.2) is 0 Å². The second kappa shape index (κ2) is 6.66. The van der Waals surface area contributed by atoms with Gasteiger partial charge in [0.25, 0.3) is 0 Å². The lowest BCUT2D eigenvalue weighted by molar-refractivity contribution is 0.196. The molecule has 1 aromatic heterocycles. The molecule has 0 bridgehead atoms. The third-order valence-electron chi connectivity index (χ3n) is 2.30. The fourth-order valence-corrected chi connectivity index (χ4v) is 1.48. The number of ether oxygens (including phenoxy) is 1. The molecule has 0 radical (unpaired) electrons. The van der Waals surface area contributed by atoms with Crippen LogP contribution >= 0.6 is 11.6 Å². The average molecular weight is 244 g/mol. The second-order valence-electron chi connectivity index (χ2n) is 3.69. The third kappa shape index (κ3) is 4.33. The Balaban J connectivity index is 2.34. The Morgan fingerprint density at radius 2 is 2.19 bits per heavy atom. The lowest BCUT2D eigenvalue weighted by atomic mass is 10.3. The van der Waals surface area contributed by atoms with Crippen LogP contribution in [-0.2, 0) is 4.74 Å². The molecule has 1 rings (SSSR count). The second-order valence-corrected chi connectivity index (χ2v) is 4.31. The van der Waals surface area contributed by atoms with Crippen molar-refractivity contribution in [3.63, 3.8) is 0 Å². The van der Waals surface area contributed by atoms with E-state index in [1.165, 1.54) is 0 Å². The van der Waals surface area contributed by atoms with Gasteiger partial charge in [0.1, 0.15) is 5.82 Å². The van der Waals surface area contributed by atoms with Gasteiger partial charge in [-0.2, -0.15) is 0 Å². The molecule has 90 valence electrons. The van der Waals surface area contributed by atoms with E-state index in [1.54, 1.807) is 13.3 Å². The molecule has 0 fully saturated rings. The predicted molar refractivity (Wildman–Crippen MR) is 66.1 cm³/mol. The van der Waals surface area contributed by atoms with Crippen LogP contribution in [0.5, 0.6) is 0 Å². The summed E-state index contributed by atoms with van der Waals surface area (Å²) in [5, 5.41) is 3.23. The molecule has 0 spiro atoms. The first kappa shape index (κ1) is 13.2. The van der Waals surface area contributed by atoms with Crippen molar-refractivity contribution in [1.82, 2.24) is 9.97 Å². The summed E-state index contributed by atoms with van der Waals surface area (Å²) in [5.74, 6) is 0.796. The number of nitrogens with zero attached hydrogens (tertiary/aromatic N) is 2. The van der Waals surface area contributed by atoms with Gasteiger partial charge in [-0.05, 0) is 20.3 Å². The van der Waals surface area contributed by atoms with Gasteiger partial charge in [0, 0.05) is 13.7 Å². The number of rotatable bonds is 6. The fraction of sp³-hybridized carbons (Fsp3) is 0.636. The molecule has 1 atom stereocenters. The molecule has 0 aliphatic carbocycles. The number of anilines is 1. The zero-order chi connectivity index (χ0) is 12.0. The number of aromatic nitrogens is 2. The maximum atomic E-state index is 6.00. The van der Waals surface area contributed by atoms with Gasteiger partial charge in [-0.25, -0.2) is 4.98 Å². The number of halogens is 1. The summed E-state index contributed by atoms with van der Waals surface area (Å²) in [5.41, 5.74) is 1.91. The van der Waals surface area contributed by atoms with Crippen molar-refractivity contribution in [3.8, 4) is 0 Å². The number of nitrogens with one attached hydrogen (secondary N) is 1. The van der Waals surface area contributed by atoms with Gasteiger partial charge in [-0.1, -0.05) is 0 Å². The predicted octanol–water partition coefficient (Wildman–Crippen LogP) is 2.15. The van der Waals surface area contributed by atoms with E-state index in [1.807, 2.05) is 13.8 Å². The third-order valence-corrected chi connectivity index (χ3v) is 2.65. The first-order chi connectivity index (χ1) is 7.63. The Morgan fingerprint density at radius 3 is 2.81 bits per heavy atom. The number of hydrogen-bond donors (Lipinski definition) is 1. The Hall–Kier alpha value is -0.870. The number of methoxy groups -OCH3 is 1. The molecule has 0 aliphatic rings. The maximum absolute atomic E-state index is 6.00. The van der Waals surface area contributed by atoms with Crippen molar-refractivity contribution in [1.29, 1.82) is 0 Å². The van der Waals surface area contributed by atoms with Crippen LogP contribution in [-0.4, -0.2) is 35.6 Å². The molecule has 5 heteroatoms. The van der Waals surface area contributed by atoms with Crippen molar-refractivity contribution in [2.75, 3.05) is 25.6 Å². The standard InChI is InChI=1S/C11H18ClN3O/c1-8-9(2)15-11(6-14-8)13-5-4-10(12)7-16-3/h6,10H,4-5,7H2,1-3H3,(H,13,15). The van der Waals surface area contributed by atoms with E-state index in [-0.39, 0.29) is 5.38 Å². The van der Waals surface area contributed by atoms with Crippen LogP contribution in [0.25, 0.3) is 0 Å². The summed E-state index contributed by atoms with van der Waals surface area (Å²) in [4.78, 5) is 8.60. The highest BCUT2D eigenvalue weighted by atomic mass is 35.5. The summed E-state index contributed by atoms with van der Waals surface area (Å²) in [6.45, 7) is 5.23. The molecule has 1 N–H and O–H groups in total. The van der Waals surface area contributed by atoms with Crippen LogP contribution in [0.2, 0.25) is 0 Å². The van der Waals surface area contributed by atoms with Crippen molar-refractivity contribution in [3.05, 3.63) is 17.6 Å². The zero-order valence-electron chi connectivity index (χ0n) is 9.96. The largest absolute Gasteiger partial charge is 0.383 e. The molecule has 16 heavy (non-hydrogen) atoms. The Labute approximate surface area is 101 Å². The summed E-state index contributed by atoms with van der Waals surface area (Å²) < 4.78 is 4.95. The summed E-state index contributed by atoms with van der Waals surface area (Å²) in [7, 11) is 1.65. The quantitative estimate of drug-likeness (QED) is 0.778. The summed E-state index contributed by atoms with van der Waals surface area (Å²) in [6, 6.07) is 0. The lowest BCUT2D eigenvalue weighted by Crippen LogP contribution is -2.14. The Morgan fingerprint density at radius 1 is 1.44 bits per heavy atom. The van der Waals surface area contributed by atoms with Gasteiger partial charge < -0.3 is 10.1 Å². The normalized spacial score (nSPS) is 12.5. The van der Waals surface area contributed by atoms with E-state index >= 15 is 0 Å². The molecule has 0 aliphatic heterocycles. The van der Waals surface area contributed by atoms with Crippen molar-refractivity contribution < 1.29 is 4.74 Å². The molecule has 0 aromatic carbocycles. The SMILES string of the molecule is COCC(Cl)CCNc1cnc(C)c(C)n1. The first-order valence-corrected chi connectivity index (χ1v) is 5.74. The van der Waals surface area contributed by atoms with E-state index in [0.717, 1.165) is 30.2 Å². The minimum Gasteiger partial charge on any atom is -0.383 e. The van der Waals surface area contributed by atoms with E-state index in [9.17, 15) is 0 Å². The topological polar surface area (TPSA) is 47.0 Å². The number of aryl methyl sites for hydroxylation is 2. The molecular formula is C11H18ClN3O. The molecule has 1 unspecified atom stereocenters. The van der Waals surface area contributed by atoms with E-state index in [2.05, 4.69) is 15.3 Å². The van der Waals surface area contributed by atoms with Gasteiger partial charge in [0.05, 0.1) is 29.6 Å². The zero-order valence-corrected chi connectivity index (χ0v) is 10.7. The summed E-state index contributed by atoms with van der Waals surface area (Å²) >= 11 is 6.00. The number of alkyl halides is 1. The van der Waals surface area contributed by atoms with E-state index in [0.29, 0.717) is 6.61 Å². The molecule has 1 heterocycles. The Kier molecular flexibility index (Phi) is 5.49. The van der Waals surface area contributed by atoms with E-state index < -0.39 is 0 Å². The van der Waals surface area contributed by atoms with Crippen molar-refractivity contribution >= 4 is 17.4 Å². The van der Waals surface area contributed by atoms with Gasteiger partial charge >= 0.3 is 0 Å². The van der Waals surface area contributed by atoms with Gasteiger partial charge in [0.2, 0.25) is 0 Å². The summed E-state index contributed by atoms with van der Waals surface area (Å²) in [6.07, 6.45) is 2.58. The molecule has 0 saturated heterocycles. The maximum Gasteiger partial charge on any atom is 0.144 e. The van der Waals surface area contributed by atoms with Crippen LogP contribution in [0.3, 0.4) is 0 Å². The molecule has 1 aromatic rings. The monoisotopic (exact) mass is 243 g/mol. The smallest absolute Gasteiger partial charge is 0.144 e. The van der Waals surface area contributed by atoms with E-state index in [4.69, 9.17) is 16.3 Å². The van der Waals surface area contributed by atoms with Crippen molar-refractivity contribution in [2.45, 2.75) is 25.6 Å². The average Bonchev–Trinajstić information content (AvgIpc) is 2.24. The van der Waals surface area contributed by atoms with Gasteiger partial charge in [-0.3, -0.25) is 4.98 Å². The number of hydrogen-bond acceptors (Lipinski definition) is 4. The van der Waals surface area contributed by atoms with Crippen LogP contribution in [0.4, 0.5) is 5.82 Å². The lowest BCUT2D eigenvalue weighted by Gasteiger charge is -2.10. The highest BCUT2D eigenvalue weighted by Crippen LogP contribution is 2.07. The van der Waals surface area contributed by atoms with Crippen LogP contribution in [0.15, 0.2) is 6.20 Å². The van der Waals surface area contributed by atoms with Gasteiger partial charge in [-0.15, -0.1) is 11.6 Å². The highest BCUT2D eigenvalue weighted by molar-refractivity contribution is 6.20. The fourth-order valence-electron chi connectivity index (χ4n) is 1.25.